The first-order valence-electron chi connectivity index (χ1n) is 8.96. The number of hydrogen-bond donors (Lipinski definition) is 4. The molecule has 0 aliphatic carbocycles. The Hall–Kier alpha value is 0.540. The van der Waals surface area contributed by atoms with Gasteiger partial charge in [0.15, 0.2) is 0 Å². The number of thioether (sulfide) groups is 2. The highest BCUT2D eigenvalue weighted by Gasteiger charge is 2.31. The molecule has 0 bridgehead atoms. The van der Waals surface area contributed by atoms with Gasteiger partial charge in [0.1, 0.15) is 18.3 Å². The molecule has 0 heterocycles. The first-order valence-corrected chi connectivity index (χ1v) is 11.1. The average molecular weight is 369 g/mol. The average Bonchev–Trinajstić information content (AvgIpc) is 2.57. The van der Waals surface area contributed by atoms with Crippen LogP contribution in [0.5, 0.6) is 0 Å². The zero-order valence-electron chi connectivity index (χ0n) is 14.7. The van der Waals surface area contributed by atoms with Crippen LogP contribution in [-0.2, 0) is 0 Å². The Morgan fingerprint density at radius 3 is 1.57 bits per heavy atom. The maximum Gasteiger partial charge on any atom is 0.110 e. The molecule has 0 radical (unpaired) electrons. The molecule has 0 spiro atoms. The van der Waals surface area contributed by atoms with Crippen molar-refractivity contribution in [2.45, 2.75) is 88.1 Å². The van der Waals surface area contributed by atoms with Crippen LogP contribution in [0.3, 0.4) is 0 Å². The minimum atomic E-state index is -1.30. The molecule has 0 fully saturated rings. The van der Waals surface area contributed by atoms with E-state index in [1.165, 1.54) is 38.5 Å². The molecule has 0 aromatic rings. The summed E-state index contributed by atoms with van der Waals surface area (Å²) in [5.74, 6) is 1.90. The summed E-state index contributed by atoms with van der Waals surface area (Å²) in [4.78, 5) is 0. The molecule has 0 aliphatic heterocycles. The maximum absolute atomic E-state index is 10.3. The van der Waals surface area contributed by atoms with Gasteiger partial charge in [-0.25, -0.2) is 0 Å². The zero-order valence-corrected chi connectivity index (χ0v) is 16.3. The highest BCUT2D eigenvalue weighted by Crippen LogP contribution is 2.31. The molecule has 0 saturated heterocycles. The lowest BCUT2D eigenvalue weighted by atomic mass is 10.1. The summed E-state index contributed by atoms with van der Waals surface area (Å²) in [6.07, 6.45) is 5.84. The molecular formula is C17H36O4S2. The monoisotopic (exact) mass is 368 g/mol. The number of hydrogen-bond acceptors (Lipinski definition) is 6. The van der Waals surface area contributed by atoms with Crippen molar-refractivity contribution in [1.82, 2.24) is 0 Å². The summed E-state index contributed by atoms with van der Waals surface area (Å²) < 4.78 is -0.158. The van der Waals surface area contributed by atoms with Crippen molar-refractivity contribution in [1.29, 1.82) is 0 Å². The molecule has 3 unspecified atom stereocenters. The topological polar surface area (TPSA) is 80.9 Å². The van der Waals surface area contributed by atoms with Crippen molar-refractivity contribution in [2.75, 3.05) is 18.1 Å². The van der Waals surface area contributed by atoms with E-state index in [1.807, 2.05) is 0 Å². The number of rotatable bonds is 16. The lowest BCUT2D eigenvalue weighted by molar-refractivity contribution is -0.0706. The Morgan fingerprint density at radius 1 is 0.696 bits per heavy atom. The summed E-state index contributed by atoms with van der Waals surface area (Å²) in [6, 6.07) is 0. The third kappa shape index (κ3) is 11.7. The minimum absolute atomic E-state index is 0.158. The van der Waals surface area contributed by atoms with Crippen molar-refractivity contribution in [3.63, 3.8) is 0 Å². The zero-order chi connectivity index (χ0) is 17.5. The smallest absolute Gasteiger partial charge is 0.110 e. The Labute approximate surface area is 150 Å². The predicted octanol–water partition coefficient (Wildman–Crippen LogP) is 3.01. The molecule has 6 heteroatoms. The highest BCUT2D eigenvalue weighted by molar-refractivity contribution is 8.17. The summed E-state index contributed by atoms with van der Waals surface area (Å²) in [5, 5.41) is 38.8. The van der Waals surface area contributed by atoms with Crippen LogP contribution >= 0.6 is 23.5 Å². The van der Waals surface area contributed by atoms with E-state index in [9.17, 15) is 15.3 Å². The van der Waals surface area contributed by atoms with Crippen molar-refractivity contribution in [2.24, 2.45) is 0 Å². The normalized spacial score (nSPS) is 15.8. The van der Waals surface area contributed by atoms with Gasteiger partial charge in [0.25, 0.3) is 0 Å². The second-order valence-electron chi connectivity index (χ2n) is 5.96. The van der Waals surface area contributed by atoms with Gasteiger partial charge >= 0.3 is 0 Å². The molecule has 0 rings (SSSR count). The van der Waals surface area contributed by atoms with E-state index in [0.29, 0.717) is 0 Å². The van der Waals surface area contributed by atoms with E-state index in [1.54, 1.807) is 23.5 Å². The fourth-order valence-corrected chi connectivity index (χ4v) is 5.08. The molecule has 0 saturated carbocycles. The van der Waals surface area contributed by atoms with Gasteiger partial charge in [0, 0.05) is 0 Å². The van der Waals surface area contributed by atoms with Gasteiger partial charge in [-0.2, -0.15) is 0 Å². The summed E-state index contributed by atoms with van der Waals surface area (Å²) >= 11 is 3.32. The van der Waals surface area contributed by atoms with E-state index < -0.39 is 24.9 Å². The highest BCUT2D eigenvalue weighted by atomic mass is 32.2. The Morgan fingerprint density at radius 2 is 1.17 bits per heavy atom. The molecule has 4 nitrogen and oxygen atoms in total. The van der Waals surface area contributed by atoms with Gasteiger partial charge in [-0.05, 0) is 24.3 Å². The van der Waals surface area contributed by atoms with E-state index in [-0.39, 0.29) is 4.58 Å². The molecule has 0 aliphatic rings. The molecular weight excluding hydrogens is 332 g/mol. The van der Waals surface area contributed by atoms with Gasteiger partial charge in [0.05, 0.1) is 11.2 Å². The van der Waals surface area contributed by atoms with Crippen LogP contribution in [0.1, 0.15) is 65.2 Å². The first kappa shape index (κ1) is 23.5. The largest absolute Gasteiger partial charge is 0.394 e. The van der Waals surface area contributed by atoms with Crippen molar-refractivity contribution in [3.8, 4) is 0 Å². The number of aliphatic hydroxyl groups excluding tert-OH is 4. The van der Waals surface area contributed by atoms with Gasteiger partial charge in [-0.1, -0.05) is 52.4 Å². The van der Waals surface area contributed by atoms with Crippen molar-refractivity contribution < 1.29 is 20.4 Å². The summed E-state index contributed by atoms with van der Waals surface area (Å²) in [5.41, 5.74) is 0. The van der Waals surface area contributed by atoms with Crippen molar-refractivity contribution >= 4 is 23.5 Å². The summed E-state index contributed by atoms with van der Waals surface area (Å²) in [6.45, 7) is 3.82. The van der Waals surface area contributed by atoms with Crippen molar-refractivity contribution in [3.05, 3.63) is 0 Å². The SMILES string of the molecule is CCCCCCSC(SCCCCCC)C(O)C(O)C(O)CO. The Kier molecular flexibility index (Phi) is 16.4. The van der Waals surface area contributed by atoms with E-state index in [0.717, 1.165) is 24.3 Å². The molecule has 4 N–H and O–H groups in total. The minimum Gasteiger partial charge on any atom is -0.394 e. The third-order valence-electron chi connectivity index (χ3n) is 3.77. The fraction of sp³-hybridized carbons (Fsp3) is 1.00. The molecule has 23 heavy (non-hydrogen) atoms. The van der Waals surface area contributed by atoms with Crippen LogP contribution in [-0.4, -0.2) is 61.4 Å². The van der Waals surface area contributed by atoms with E-state index >= 15 is 0 Å². The van der Waals surface area contributed by atoms with Crippen LogP contribution in [0.2, 0.25) is 0 Å². The van der Waals surface area contributed by atoms with Crippen LogP contribution < -0.4 is 0 Å². The molecule has 0 amide bonds. The molecule has 3 atom stereocenters. The standard InChI is InChI=1S/C17H36O4S2/c1-3-5-7-9-11-22-17(23-12-10-8-6-4-2)16(21)15(20)14(19)13-18/h14-21H,3-13H2,1-2H3. The first-order chi connectivity index (χ1) is 11.1. The second-order valence-corrected chi connectivity index (χ2v) is 8.76. The van der Waals surface area contributed by atoms with Gasteiger partial charge in [-0.3, -0.25) is 0 Å². The van der Waals surface area contributed by atoms with Crippen LogP contribution in [0.25, 0.3) is 0 Å². The van der Waals surface area contributed by atoms with Gasteiger partial charge < -0.3 is 20.4 Å². The lowest BCUT2D eigenvalue weighted by Gasteiger charge is -2.28. The van der Waals surface area contributed by atoms with Gasteiger partial charge in [-0.15, -0.1) is 23.5 Å². The van der Waals surface area contributed by atoms with Gasteiger partial charge in [0.2, 0.25) is 0 Å². The quantitative estimate of drug-likeness (QED) is 0.248. The number of unbranched alkanes of at least 4 members (excludes halogenated alkanes) is 6. The van der Waals surface area contributed by atoms with Crippen LogP contribution in [0.15, 0.2) is 0 Å². The maximum atomic E-state index is 10.3. The van der Waals surface area contributed by atoms with Crippen LogP contribution in [0, 0.1) is 0 Å². The molecule has 140 valence electrons. The lowest BCUT2D eigenvalue weighted by Crippen LogP contribution is -2.44. The predicted molar refractivity (Wildman–Crippen MR) is 102 cm³/mol. The molecule has 0 aromatic heterocycles. The second kappa shape index (κ2) is 16.0. The third-order valence-corrected chi connectivity index (χ3v) is 6.85. The summed E-state index contributed by atoms with van der Waals surface area (Å²) in [7, 11) is 0. The van der Waals surface area contributed by atoms with E-state index in [2.05, 4.69) is 13.8 Å². The molecule has 0 aromatic carbocycles. The Bertz CT molecular complexity index is 243. The van der Waals surface area contributed by atoms with Crippen LogP contribution in [0.4, 0.5) is 0 Å². The fourth-order valence-electron chi connectivity index (χ4n) is 2.20. The van der Waals surface area contributed by atoms with E-state index in [4.69, 9.17) is 5.11 Å². The Balaban J connectivity index is 4.28. The number of aliphatic hydroxyl groups is 4.